The summed E-state index contributed by atoms with van der Waals surface area (Å²) in [4.78, 5) is 26.3. The minimum absolute atomic E-state index is 0.180. The number of hydrogen-bond acceptors (Lipinski definition) is 4. The van der Waals surface area contributed by atoms with Crippen LogP contribution in [-0.4, -0.2) is 30.0 Å². The number of pyridine rings is 1. The molecule has 0 bridgehead atoms. The van der Waals surface area contributed by atoms with Crippen molar-refractivity contribution < 1.29 is 14.3 Å². The van der Waals surface area contributed by atoms with E-state index in [1.807, 2.05) is 0 Å². The molecule has 0 aliphatic rings. The molecule has 5 nitrogen and oxygen atoms in total. The van der Waals surface area contributed by atoms with E-state index in [1.165, 1.54) is 6.20 Å². The fourth-order valence-corrected chi connectivity index (χ4v) is 1.11. The molecule has 1 amide bonds. The molecule has 1 aromatic heterocycles. The van der Waals surface area contributed by atoms with Gasteiger partial charge >= 0.3 is 5.97 Å². The monoisotopic (exact) mass is 222 g/mol. The number of hydrogen-bond donors (Lipinski definition) is 1. The molecule has 0 atom stereocenters. The van der Waals surface area contributed by atoms with Gasteiger partial charge in [-0.1, -0.05) is 0 Å². The second kappa shape index (κ2) is 6.55. The standard InChI is InChI=1S/C11H14N2O3/c1-2-16-10(14)5-7-13-11(15)9-4-3-6-12-8-9/h3-4,6,8H,2,5,7H2,1H3,(H,13,15). The van der Waals surface area contributed by atoms with Gasteiger partial charge in [-0.15, -0.1) is 0 Å². The molecule has 0 saturated carbocycles. The third-order valence-electron chi connectivity index (χ3n) is 1.84. The van der Waals surface area contributed by atoms with E-state index >= 15 is 0 Å². The zero-order valence-corrected chi connectivity index (χ0v) is 9.10. The van der Waals surface area contributed by atoms with Gasteiger partial charge < -0.3 is 10.1 Å². The van der Waals surface area contributed by atoms with Gasteiger partial charge in [0.1, 0.15) is 0 Å². The van der Waals surface area contributed by atoms with Crippen LogP contribution in [0.25, 0.3) is 0 Å². The van der Waals surface area contributed by atoms with Crippen LogP contribution in [0.3, 0.4) is 0 Å². The average molecular weight is 222 g/mol. The zero-order valence-electron chi connectivity index (χ0n) is 9.10. The third kappa shape index (κ3) is 4.08. The van der Waals surface area contributed by atoms with E-state index in [0.29, 0.717) is 12.2 Å². The lowest BCUT2D eigenvalue weighted by Gasteiger charge is -2.04. The zero-order chi connectivity index (χ0) is 11.8. The predicted molar refractivity (Wildman–Crippen MR) is 57.8 cm³/mol. The number of rotatable bonds is 5. The molecule has 1 aromatic rings. The Labute approximate surface area is 93.8 Å². The van der Waals surface area contributed by atoms with Gasteiger partial charge in [-0.3, -0.25) is 14.6 Å². The first-order valence-corrected chi connectivity index (χ1v) is 5.08. The highest BCUT2D eigenvalue weighted by molar-refractivity contribution is 5.93. The topological polar surface area (TPSA) is 68.3 Å². The Balaban J connectivity index is 2.29. The van der Waals surface area contributed by atoms with Crippen LogP contribution in [0.15, 0.2) is 24.5 Å². The third-order valence-corrected chi connectivity index (χ3v) is 1.84. The molecule has 0 aliphatic heterocycles. The van der Waals surface area contributed by atoms with Gasteiger partial charge in [0.2, 0.25) is 0 Å². The van der Waals surface area contributed by atoms with Gasteiger partial charge in [0.15, 0.2) is 0 Å². The minimum atomic E-state index is -0.311. The summed E-state index contributed by atoms with van der Waals surface area (Å²) in [6.07, 6.45) is 3.24. The normalized spacial score (nSPS) is 9.56. The maximum absolute atomic E-state index is 11.5. The molecule has 0 saturated heterocycles. The molecular weight excluding hydrogens is 208 g/mol. The Hall–Kier alpha value is -1.91. The molecule has 86 valence electrons. The molecular formula is C11H14N2O3. The summed E-state index contributed by atoms with van der Waals surface area (Å²) in [5.74, 6) is -0.550. The number of amides is 1. The van der Waals surface area contributed by atoms with Crippen LogP contribution in [0.4, 0.5) is 0 Å². The Morgan fingerprint density at radius 3 is 2.94 bits per heavy atom. The second-order valence-corrected chi connectivity index (χ2v) is 3.05. The molecule has 0 spiro atoms. The van der Waals surface area contributed by atoms with Crippen molar-refractivity contribution in [2.24, 2.45) is 0 Å². The van der Waals surface area contributed by atoms with Crippen LogP contribution >= 0.6 is 0 Å². The van der Waals surface area contributed by atoms with Gasteiger partial charge in [0.25, 0.3) is 5.91 Å². The van der Waals surface area contributed by atoms with E-state index in [2.05, 4.69) is 10.3 Å². The number of carbonyl (C=O) groups excluding carboxylic acids is 2. The Morgan fingerprint density at radius 1 is 1.50 bits per heavy atom. The number of nitrogens with one attached hydrogen (secondary N) is 1. The lowest BCUT2D eigenvalue weighted by molar-refractivity contribution is -0.142. The summed E-state index contributed by atoms with van der Waals surface area (Å²) in [6.45, 7) is 2.37. The first-order chi connectivity index (χ1) is 7.74. The Kier molecular flexibility index (Phi) is 4.98. The maximum Gasteiger partial charge on any atom is 0.307 e. The highest BCUT2D eigenvalue weighted by Crippen LogP contribution is 1.95. The van der Waals surface area contributed by atoms with Crippen LogP contribution in [0.1, 0.15) is 23.7 Å². The fourth-order valence-electron chi connectivity index (χ4n) is 1.11. The van der Waals surface area contributed by atoms with Crippen LogP contribution < -0.4 is 5.32 Å². The number of aromatic nitrogens is 1. The molecule has 0 aromatic carbocycles. The fraction of sp³-hybridized carbons (Fsp3) is 0.364. The maximum atomic E-state index is 11.5. The summed E-state index contributed by atoms with van der Waals surface area (Å²) >= 11 is 0. The molecule has 1 N–H and O–H groups in total. The number of ether oxygens (including phenoxy) is 1. The van der Waals surface area contributed by atoms with Gasteiger partial charge in [-0.2, -0.15) is 0 Å². The first-order valence-electron chi connectivity index (χ1n) is 5.08. The molecule has 16 heavy (non-hydrogen) atoms. The summed E-state index contributed by atoms with van der Waals surface area (Å²) in [6, 6.07) is 3.34. The minimum Gasteiger partial charge on any atom is -0.466 e. The van der Waals surface area contributed by atoms with Crippen molar-refractivity contribution in [2.45, 2.75) is 13.3 Å². The van der Waals surface area contributed by atoms with Crippen molar-refractivity contribution in [3.05, 3.63) is 30.1 Å². The average Bonchev–Trinajstić information content (AvgIpc) is 2.30. The summed E-state index contributed by atoms with van der Waals surface area (Å²) < 4.78 is 4.73. The first kappa shape index (κ1) is 12.2. The molecule has 1 rings (SSSR count). The number of nitrogens with zero attached hydrogens (tertiary/aromatic N) is 1. The summed E-state index contributed by atoms with van der Waals surface area (Å²) in [7, 11) is 0. The lowest BCUT2D eigenvalue weighted by atomic mass is 10.2. The van der Waals surface area contributed by atoms with Crippen LogP contribution in [0.2, 0.25) is 0 Å². The van der Waals surface area contributed by atoms with E-state index in [4.69, 9.17) is 4.74 Å². The predicted octanol–water partition coefficient (Wildman–Crippen LogP) is 0.765. The Morgan fingerprint density at radius 2 is 2.31 bits per heavy atom. The van der Waals surface area contributed by atoms with Crippen molar-refractivity contribution in [1.82, 2.24) is 10.3 Å². The largest absolute Gasteiger partial charge is 0.466 e. The SMILES string of the molecule is CCOC(=O)CCNC(=O)c1cccnc1. The smallest absolute Gasteiger partial charge is 0.307 e. The van der Waals surface area contributed by atoms with E-state index in [1.54, 1.807) is 25.3 Å². The molecule has 0 aliphatic carbocycles. The van der Waals surface area contributed by atoms with Crippen LogP contribution in [0.5, 0.6) is 0 Å². The van der Waals surface area contributed by atoms with Gasteiger partial charge in [-0.05, 0) is 19.1 Å². The summed E-state index contributed by atoms with van der Waals surface area (Å²) in [5, 5.41) is 2.61. The van der Waals surface area contributed by atoms with Crippen LogP contribution in [0, 0.1) is 0 Å². The highest BCUT2D eigenvalue weighted by atomic mass is 16.5. The van der Waals surface area contributed by atoms with Crippen molar-refractivity contribution >= 4 is 11.9 Å². The second-order valence-electron chi connectivity index (χ2n) is 3.05. The van der Waals surface area contributed by atoms with E-state index in [9.17, 15) is 9.59 Å². The lowest BCUT2D eigenvalue weighted by Crippen LogP contribution is -2.26. The highest BCUT2D eigenvalue weighted by Gasteiger charge is 2.06. The number of esters is 1. The van der Waals surface area contributed by atoms with E-state index < -0.39 is 0 Å². The van der Waals surface area contributed by atoms with Gasteiger partial charge in [0, 0.05) is 18.9 Å². The van der Waals surface area contributed by atoms with Crippen molar-refractivity contribution in [3.63, 3.8) is 0 Å². The molecule has 0 radical (unpaired) electrons. The van der Waals surface area contributed by atoms with Crippen molar-refractivity contribution in [3.8, 4) is 0 Å². The van der Waals surface area contributed by atoms with Crippen LogP contribution in [-0.2, 0) is 9.53 Å². The van der Waals surface area contributed by atoms with Crippen molar-refractivity contribution in [2.75, 3.05) is 13.2 Å². The Bertz CT molecular complexity index is 352. The van der Waals surface area contributed by atoms with E-state index in [-0.39, 0.29) is 24.8 Å². The quantitative estimate of drug-likeness (QED) is 0.747. The van der Waals surface area contributed by atoms with Gasteiger partial charge in [0.05, 0.1) is 18.6 Å². The van der Waals surface area contributed by atoms with Gasteiger partial charge in [-0.25, -0.2) is 0 Å². The number of carbonyl (C=O) groups is 2. The summed E-state index contributed by atoms with van der Waals surface area (Å²) in [5.41, 5.74) is 0.478. The van der Waals surface area contributed by atoms with E-state index in [0.717, 1.165) is 0 Å². The molecule has 0 unspecified atom stereocenters. The van der Waals surface area contributed by atoms with Crippen molar-refractivity contribution in [1.29, 1.82) is 0 Å². The molecule has 5 heteroatoms. The molecule has 0 fully saturated rings. The molecule has 1 heterocycles.